The minimum atomic E-state index is -0.754. The highest BCUT2D eigenvalue weighted by molar-refractivity contribution is 9.10. The van der Waals surface area contributed by atoms with Crippen LogP contribution in [0.25, 0.3) is 17.2 Å². The highest BCUT2D eigenvalue weighted by Crippen LogP contribution is 2.26. The van der Waals surface area contributed by atoms with E-state index in [-0.39, 0.29) is 28.0 Å². The molecule has 0 amide bonds. The molecule has 0 radical (unpaired) electrons. The number of rotatable bonds is 2. The first-order valence-corrected chi connectivity index (χ1v) is 7.06. The van der Waals surface area contributed by atoms with Crippen molar-refractivity contribution in [3.05, 3.63) is 50.3 Å². The van der Waals surface area contributed by atoms with Crippen molar-refractivity contribution in [3.8, 4) is 17.2 Å². The van der Waals surface area contributed by atoms with Gasteiger partial charge in [0.15, 0.2) is 23.2 Å². The molecular weight excluding hydrogens is 379 g/mol. The monoisotopic (exact) mass is 384 g/mol. The van der Waals surface area contributed by atoms with Crippen LogP contribution in [0.1, 0.15) is 0 Å². The summed E-state index contributed by atoms with van der Waals surface area (Å²) in [6.07, 6.45) is 1.40. The van der Waals surface area contributed by atoms with Crippen molar-refractivity contribution in [1.82, 2.24) is 24.7 Å². The zero-order valence-electron chi connectivity index (χ0n) is 10.7. The standard InChI is InChI=1S/C12H7BrClFN6O/c13-7-4-17-10(16)9(18-7)11-19-20-12(22)21(11)6-3-1-2-5(14)8(6)15/h1-4H,(H2,16,17)(H,20,22). The first kappa shape index (κ1) is 14.7. The molecule has 0 aliphatic heterocycles. The van der Waals surface area contributed by atoms with Crippen molar-refractivity contribution in [2.75, 3.05) is 5.73 Å². The smallest absolute Gasteiger partial charge is 0.348 e. The van der Waals surface area contributed by atoms with Gasteiger partial charge < -0.3 is 5.73 Å². The molecule has 0 saturated carbocycles. The second-order valence-electron chi connectivity index (χ2n) is 4.19. The Morgan fingerprint density at radius 2 is 2.18 bits per heavy atom. The van der Waals surface area contributed by atoms with E-state index in [2.05, 4.69) is 36.1 Å². The van der Waals surface area contributed by atoms with E-state index < -0.39 is 11.5 Å². The Hall–Kier alpha value is -2.26. The number of H-pyrrole nitrogens is 1. The van der Waals surface area contributed by atoms with E-state index in [9.17, 15) is 9.18 Å². The summed E-state index contributed by atoms with van der Waals surface area (Å²) >= 11 is 8.91. The predicted octanol–water partition coefficient (Wildman–Crippen LogP) is 2.15. The third-order valence-electron chi connectivity index (χ3n) is 2.83. The van der Waals surface area contributed by atoms with Crippen molar-refractivity contribution in [2.45, 2.75) is 0 Å². The fourth-order valence-corrected chi connectivity index (χ4v) is 2.34. The van der Waals surface area contributed by atoms with Crippen LogP contribution >= 0.6 is 27.5 Å². The number of nitrogens with one attached hydrogen (secondary N) is 1. The maximum atomic E-state index is 14.2. The molecule has 3 aromatic rings. The fraction of sp³-hybridized carbons (Fsp3) is 0. The van der Waals surface area contributed by atoms with Gasteiger partial charge in [0.25, 0.3) is 0 Å². The van der Waals surface area contributed by atoms with Gasteiger partial charge in [-0.25, -0.2) is 28.8 Å². The van der Waals surface area contributed by atoms with E-state index in [1.807, 2.05) is 0 Å². The Balaban J connectivity index is 2.31. The molecule has 3 N–H and O–H groups in total. The van der Waals surface area contributed by atoms with Crippen molar-refractivity contribution in [2.24, 2.45) is 0 Å². The van der Waals surface area contributed by atoms with Gasteiger partial charge in [0.1, 0.15) is 4.60 Å². The first-order valence-electron chi connectivity index (χ1n) is 5.89. The molecule has 2 heterocycles. The Morgan fingerprint density at radius 3 is 2.95 bits per heavy atom. The van der Waals surface area contributed by atoms with Gasteiger partial charge in [0, 0.05) is 0 Å². The van der Waals surface area contributed by atoms with Crippen LogP contribution in [0.2, 0.25) is 5.02 Å². The van der Waals surface area contributed by atoms with Crippen molar-refractivity contribution >= 4 is 33.3 Å². The second kappa shape index (κ2) is 5.50. The zero-order valence-corrected chi connectivity index (χ0v) is 13.1. The van der Waals surface area contributed by atoms with Crippen LogP contribution in [-0.4, -0.2) is 24.7 Å². The maximum Gasteiger partial charge on any atom is 0.348 e. The minimum absolute atomic E-state index is 0.0254. The quantitative estimate of drug-likeness (QED) is 0.704. The molecule has 0 unspecified atom stereocenters. The largest absolute Gasteiger partial charge is 0.382 e. The topological polar surface area (TPSA) is 102 Å². The Labute approximate surface area is 136 Å². The molecule has 2 aromatic heterocycles. The minimum Gasteiger partial charge on any atom is -0.382 e. The zero-order chi connectivity index (χ0) is 15.9. The van der Waals surface area contributed by atoms with E-state index >= 15 is 0 Å². The third kappa shape index (κ3) is 2.38. The summed E-state index contributed by atoms with van der Waals surface area (Å²) < 4.78 is 15.6. The van der Waals surface area contributed by atoms with E-state index in [1.54, 1.807) is 0 Å². The molecule has 7 nitrogen and oxygen atoms in total. The lowest BCUT2D eigenvalue weighted by Crippen LogP contribution is -2.17. The molecule has 0 aliphatic carbocycles. The number of anilines is 1. The Bertz CT molecular complexity index is 924. The number of benzene rings is 1. The lowest BCUT2D eigenvalue weighted by atomic mass is 10.3. The van der Waals surface area contributed by atoms with Crippen molar-refractivity contribution in [3.63, 3.8) is 0 Å². The number of hydrogen-bond donors (Lipinski definition) is 2. The van der Waals surface area contributed by atoms with Gasteiger partial charge in [0.05, 0.1) is 16.9 Å². The van der Waals surface area contributed by atoms with Gasteiger partial charge in [-0.2, -0.15) is 5.10 Å². The van der Waals surface area contributed by atoms with E-state index in [0.717, 1.165) is 4.57 Å². The molecule has 3 rings (SSSR count). The number of nitrogens with two attached hydrogens (primary N) is 1. The van der Waals surface area contributed by atoms with Crippen molar-refractivity contribution in [1.29, 1.82) is 0 Å². The normalized spacial score (nSPS) is 10.9. The summed E-state index contributed by atoms with van der Waals surface area (Å²) in [6, 6.07) is 4.28. The number of halogens is 3. The van der Waals surface area contributed by atoms with E-state index in [4.69, 9.17) is 17.3 Å². The summed E-state index contributed by atoms with van der Waals surface area (Å²) in [7, 11) is 0. The molecule has 1 aromatic carbocycles. The summed E-state index contributed by atoms with van der Waals surface area (Å²) in [5, 5.41) is 5.96. The number of nitrogens with zero attached hydrogens (tertiary/aromatic N) is 4. The number of aromatic nitrogens is 5. The molecule has 0 bridgehead atoms. The predicted molar refractivity (Wildman–Crippen MR) is 82.3 cm³/mol. The van der Waals surface area contributed by atoms with Gasteiger partial charge in [-0.15, -0.1) is 0 Å². The van der Waals surface area contributed by atoms with Crippen LogP contribution < -0.4 is 11.4 Å². The van der Waals surface area contributed by atoms with Gasteiger partial charge >= 0.3 is 5.69 Å². The summed E-state index contributed by atoms with van der Waals surface area (Å²) in [6.45, 7) is 0. The van der Waals surface area contributed by atoms with Crippen LogP contribution in [0, 0.1) is 5.82 Å². The Kier molecular flexibility index (Phi) is 3.67. The molecule has 0 spiro atoms. The summed E-state index contributed by atoms with van der Waals surface area (Å²) in [4.78, 5) is 20.1. The van der Waals surface area contributed by atoms with E-state index in [1.165, 1.54) is 24.4 Å². The number of nitrogen functional groups attached to an aromatic ring is 1. The highest BCUT2D eigenvalue weighted by atomic mass is 79.9. The maximum absolute atomic E-state index is 14.2. The Morgan fingerprint density at radius 1 is 1.41 bits per heavy atom. The first-order chi connectivity index (χ1) is 10.5. The average Bonchev–Trinajstić information content (AvgIpc) is 2.86. The van der Waals surface area contributed by atoms with Crippen LogP contribution in [0.15, 0.2) is 33.8 Å². The van der Waals surface area contributed by atoms with Gasteiger partial charge in [0.2, 0.25) is 0 Å². The molecular formula is C12H7BrClFN6O. The lowest BCUT2D eigenvalue weighted by Gasteiger charge is -2.08. The van der Waals surface area contributed by atoms with Crippen molar-refractivity contribution < 1.29 is 4.39 Å². The summed E-state index contributed by atoms with van der Waals surface area (Å²) in [5.74, 6) is -0.682. The van der Waals surface area contributed by atoms with Crippen LogP contribution in [0.5, 0.6) is 0 Å². The van der Waals surface area contributed by atoms with Gasteiger partial charge in [-0.3, -0.25) is 0 Å². The molecule has 112 valence electrons. The average molecular weight is 386 g/mol. The molecule has 0 aliphatic rings. The highest BCUT2D eigenvalue weighted by Gasteiger charge is 2.20. The van der Waals surface area contributed by atoms with Gasteiger partial charge in [-0.1, -0.05) is 17.7 Å². The molecule has 10 heteroatoms. The molecule has 0 fully saturated rings. The molecule has 22 heavy (non-hydrogen) atoms. The molecule has 0 atom stereocenters. The number of hydrogen-bond acceptors (Lipinski definition) is 5. The van der Waals surface area contributed by atoms with E-state index in [0.29, 0.717) is 4.60 Å². The van der Waals surface area contributed by atoms with Crippen LogP contribution in [0.4, 0.5) is 10.2 Å². The second-order valence-corrected chi connectivity index (χ2v) is 5.41. The number of aromatic amines is 1. The SMILES string of the molecule is Nc1ncc(Br)nc1-c1n[nH]c(=O)n1-c1cccc(Cl)c1F. The summed E-state index contributed by atoms with van der Waals surface area (Å²) in [5.41, 5.74) is 5.17. The lowest BCUT2D eigenvalue weighted by molar-refractivity contribution is 0.617. The van der Waals surface area contributed by atoms with Gasteiger partial charge in [-0.05, 0) is 28.1 Å². The third-order valence-corrected chi connectivity index (χ3v) is 3.50. The van der Waals surface area contributed by atoms with Crippen LogP contribution in [0.3, 0.4) is 0 Å². The van der Waals surface area contributed by atoms with Crippen LogP contribution in [-0.2, 0) is 0 Å². The molecule has 0 saturated heterocycles. The fourth-order valence-electron chi connectivity index (χ4n) is 1.89.